The molecular formula is C23H17Cl2N3O4. The number of esters is 1. The number of anilines is 1. The Morgan fingerprint density at radius 3 is 2.41 bits per heavy atom. The number of amides is 2. The van der Waals surface area contributed by atoms with Crippen LogP contribution in [0.25, 0.3) is 0 Å². The Morgan fingerprint density at radius 1 is 0.938 bits per heavy atom. The van der Waals surface area contributed by atoms with Crippen molar-refractivity contribution in [3.05, 3.63) is 93.5 Å². The number of aryl methyl sites for hydroxylation is 1. The number of nitrogens with zero attached hydrogens (tertiary/aromatic N) is 1. The van der Waals surface area contributed by atoms with Crippen molar-refractivity contribution in [2.45, 2.75) is 6.92 Å². The zero-order valence-corrected chi connectivity index (χ0v) is 18.3. The third-order valence-electron chi connectivity index (χ3n) is 4.11. The van der Waals surface area contributed by atoms with Gasteiger partial charge in [0.1, 0.15) is 5.75 Å². The van der Waals surface area contributed by atoms with Gasteiger partial charge < -0.3 is 10.1 Å². The molecule has 162 valence electrons. The Labute approximate surface area is 194 Å². The smallest absolute Gasteiger partial charge is 0.343 e. The molecular weight excluding hydrogens is 453 g/mol. The summed E-state index contributed by atoms with van der Waals surface area (Å²) in [4.78, 5) is 36.0. The lowest BCUT2D eigenvalue weighted by molar-refractivity contribution is -0.136. The third-order valence-corrected chi connectivity index (χ3v) is 4.67. The molecule has 7 nitrogen and oxygen atoms in total. The Bertz CT molecular complexity index is 1190. The lowest BCUT2D eigenvalue weighted by Gasteiger charge is -2.06. The minimum absolute atomic E-state index is 0.207. The third kappa shape index (κ3) is 6.41. The van der Waals surface area contributed by atoms with Crippen LogP contribution in [0.2, 0.25) is 10.0 Å². The van der Waals surface area contributed by atoms with Crippen molar-refractivity contribution < 1.29 is 19.1 Å². The average Bonchev–Trinajstić information content (AvgIpc) is 2.77. The van der Waals surface area contributed by atoms with E-state index in [1.807, 2.05) is 13.0 Å². The topological polar surface area (TPSA) is 96.9 Å². The second-order valence-corrected chi connectivity index (χ2v) is 7.45. The Balaban J connectivity index is 1.53. The van der Waals surface area contributed by atoms with Crippen LogP contribution in [0, 0.1) is 6.92 Å². The van der Waals surface area contributed by atoms with Gasteiger partial charge in [-0.05, 0) is 67.1 Å². The van der Waals surface area contributed by atoms with E-state index >= 15 is 0 Å². The molecule has 0 saturated carbocycles. The highest BCUT2D eigenvalue weighted by Gasteiger charge is 2.15. The number of ether oxygens (including phenoxy) is 1. The van der Waals surface area contributed by atoms with Gasteiger partial charge in [-0.1, -0.05) is 40.9 Å². The summed E-state index contributed by atoms with van der Waals surface area (Å²) in [7, 11) is 0. The first kappa shape index (κ1) is 23.0. The highest BCUT2D eigenvalue weighted by atomic mass is 35.5. The fourth-order valence-electron chi connectivity index (χ4n) is 2.55. The first-order chi connectivity index (χ1) is 15.3. The number of carbonyl (C=O) groups is 3. The number of hydrazone groups is 1. The average molecular weight is 470 g/mol. The molecule has 0 atom stereocenters. The second kappa shape index (κ2) is 10.6. The van der Waals surface area contributed by atoms with Crippen molar-refractivity contribution in [1.29, 1.82) is 0 Å². The van der Waals surface area contributed by atoms with Gasteiger partial charge in [-0.25, -0.2) is 10.2 Å². The molecule has 0 aliphatic heterocycles. The van der Waals surface area contributed by atoms with Crippen LogP contribution in [-0.4, -0.2) is 24.0 Å². The predicted molar refractivity (Wildman–Crippen MR) is 123 cm³/mol. The van der Waals surface area contributed by atoms with E-state index in [0.717, 1.165) is 5.56 Å². The van der Waals surface area contributed by atoms with Gasteiger partial charge in [0, 0.05) is 5.02 Å². The molecule has 3 aromatic rings. The Hall–Kier alpha value is -3.68. The minimum Gasteiger partial charge on any atom is -0.423 e. The second-order valence-electron chi connectivity index (χ2n) is 6.61. The van der Waals surface area contributed by atoms with Gasteiger partial charge in [0.25, 0.3) is 0 Å². The van der Waals surface area contributed by atoms with Crippen LogP contribution < -0.4 is 15.5 Å². The molecule has 2 N–H and O–H groups in total. The number of nitrogens with one attached hydrogen (secondary N) is 2. The first-order valence-electron chi connectivity index (χ1n) is 9.30. The predicted octanol–water partition coefficient (Wildman–Crippen LogP) is 4.61. The molecule has 0 fully saturated rings. The summed E-state index contributed by atoms with van der Waals surface area (Å²) in [6.45, 7) is 1.89. The summed E-state index contributed by atoms with van der Waals surface area (Å²) in [6.07, 6.45) is 1.34. The van der Waals surface area contributed by atoms with E-state index in [-0.39, 0.29) is 10.7 Å². The number of benzene rings is 3. The van der Waals surface area contributed by atoms with Crippen LogP contribution in [0.3, 0.4) is 0 Å². The Morgan fingerprint density at radius 2 is 1.69 bits per heavy atom. The maximum atomic E-state index is 12.2. The van der Waals surface area contributed by atoms with Gasteiger partial charge >= 0.3 is 17.8 Å². The number of halogens is 2. The molecule has 0 bridgehead atoms. The van der Waals surface area contributed by atoms with Crippen LogP contribution in [0.15, 0.2) is 71.8 Å². The van der Waals surface area contributed by atoms with Crippen LogP contribution in [0.5, 0.6) is 5.75 Å². The van der Waals surface area contributed by atoms with E-state index in [0.29, 0.717) is 21.9 Å². The molecule has 0 aliphatic carbocycles. The van der Waals surface area contributed by atoms with Crippen LogP contribution in [0.1, 0.15) is 21.5 Å². The van der Waals surface area contributed by atoms with Crippen LogP contribution >= 0.6 is 23.2 Å². The van der Waals surface area contributed by atoms with Crippen molar-refractivity contribution in [2.75, 3.05) is 5.32 Å². The fourth-order valence-corrected chi connectivity index (χ4v) is 2.89. The fraction of sp³-hybridized carbons (Fsp3) is 0.0435. The lowest BCUT2D eigenvalue weighted by Crippen LogP contribution is -2.32. The zero-order valence-electron chi connectivity index (χ0n) is 16.8. The molecule has 0 heterocycles. The number of rotatable bonds is 5. The van der Waals surface area contributed by atoms with Crippen molar-refractivity contribution >= 4 is 52.9 Å². The molecule has 2 amide bonds. The minimum atomic E-state index is -0.985. The SMILES string of the molecule is Cc1cccc(C(=O)Oc2ccc(/C=N\NC(=O)C(=O)Nc3cc(Cl)ccc3Cl)cc2)c1. The normalized spacial score (nSPS) is 10.6. The first-order valence-corrected chi connectivity index (χ1v) is 10.1. The van der Waals surface area contributed by atoms with E-state index < -0.39 is 17.8 Å². The molecule has 0 aromatic heterocycles. The van der Waals surface area contributed by atoms with E-state index in [1.54, 1.807) is 48.5 Å². The highest BCUT2D eigenvalue weighted by Crippen LogP contribution is 2.25. The van der Waals surface area contributed by atoms with E-state index in [4.69, 9.17) is 27.9 Å². The van der Waals surface area contributed by atoms with Crippen molar-refractivity contribution in [1.82, 2.24) is 5.43 Å². The van der Waals surface area contributed by atoms with Gasteiger partial charge in [0.15, 0.2) is 0 Å². The van der Waals surface area contributed by atoms with Crippen LogP contribution in [0.4, 0.5) is 5.69 Å². The maximum absolute atomic E-state index is 12.2. The van der Waals surface area contributed by atoms with Crippen molar-refractivity contribution in [3.63, 3.8) is 0 Å². The molecule has 0 aliphatic rings. The molecule has 0 radical (unpaired) electrons. The number of hydrogen-bond donors (Lipinski definition) is 2. The standard InChI is InChI=1S/C23H17Cl2N3O4/c1-14-3-2-4-16(11-14)23(31)32-18-8-5-15(6-9-18)13-26-28-22(30)21(29)27-20-12-17(24)7-10-19(20)25/h2-13H,1H3,(H,27,29)(H,28,30)/b26-13-. The molecule has 3 aromatic carbocycles. The summed E-state index contributed by atoms with van der Waals surface area (Å²) in [5, 5.41) is 6.69. The van der Waals surface area contributed by atoms with Gasteiger partial charge in [-0.3, -0.25) is 9.59 Å². The van der Waals surface area contributed by atoms with Gasteiger partial charge in [0.2, 0.25) is 0 Å². The quantitative estimate of drug-likeness (QED) is 0.187. The van der Waals surface area contributed by atoms with Gasteiger partial charge in [0.05, 0.1) is 22.5 Å². The molecule has 0 spiro atoms. The van der Waals surface area contributed by atoms with E-state index in [9.17, 15) is 14.4 Å². The monoisotopic (exact) mass is 469 g/mol. The summed E-state index contributed by atoms with van der Waals surface area (Å²) < 4.78 is 5.33. The summed E-state index contributed by atoms with van der Waals surface area (Å²) in [5.74, 6) is -2.05. The van der Waals surface area contributed by atoms with E-state index in [1.165, 1.54) is 18.3 Å². The molecule has 32 heavy (non-hydrogen) atoms. The molecule has 9 heteroatoms. The maximum Gasteiger partial charge on any atom is 0.343 e. The van der Waals surface area contributed by atoms with Gasteiger partial charge in [-0.2, -0.15) is 5.10 Å². The summed E-state index contributed by atoms with van der Waals surface area (Å²) in [5.41, 5.74) is 4.34. The Kier molecular flexibility index (Phi) is 7.59. The summed E-state index contributed by atoms with van der Waals surface area (Å²) >= 11 is 11.8. The summed E-state index contributed by atoms with van der Waals surface area (Å²) in [6, 6.07) is 18.0. The largest absolute Gasteiger partial charge is 0.423 e. The number of carbonyl (C=O) groups excluding carboxylic acids is 3. The van der Waals surface area contributed by atoms with Gasteiger partial charge in [-0.15, -0.1) is 0 Å². The lowest BCUT2D eigenvalue weighted by atomic mass is 10.1. The zero-order chi connectivity index (χ0) is 23.1. The van der Waals surface area contributed by atoms with Crippen molar-refractivity contribution in [3.8, 4) is 5.75 Å². The highest BCUT2D eigenvalue weighted by molar-refractivity contribution is 6.42. The van der Waals surface area contributed by atoms with Crippen molar-refractivity contribution in [2.24, 2.45) is 5.10 Å². The number of hydrogen-bond acceptors (Lipinski definition) is 5. The molecule has 0 unspecified atom stereocenters. The van der Waals surface area contributed by atoms with E-state index in [2.05, 4.69) is 15.8 Å². The molecule has 0 saturated heterocycles. The molecule has 3 rings (SSSR count). The van der Waals surface area contributed by atoms with Crippen LogP contribution in [-0.2, 0) is 9.59 Å².